The molecule has 0 saturated heterocycles. The summed E-state index contributed by atoms with van der Waals surface area (Å²) in [5.41, 5.74) is 0.393. The molecule has 8 heteroatoms. The van der Waals surface area contributed by atoms with Crippen molar-refractivity contribution in [2.24, 2.45) is 0 Å². The Kier molecular flexibility index (Phi) is 4.07. The van der Waals surface area contributed by atoms with Gasteiger partial charge in [-0.3, -0.25) is 19.5 Å². The van der Waals surface area contributed by atoms with Gasteiger partial charge < -0.3 is 0 Å². The first-order valence-electron chi connectivity index (χ1n) is 6.07. The number of carbonyl (C=O) groups excluding carboxylic acids is 1. The van der Waals surface area contributed by atoms with Crippen LogP contribution in [0, 0.1) is 17.0 Å². The molecule has 0 radical (unpaired) electrons. The summed E-state index contributed by atoms with van der Waals surface area (Å²) in [4.78, 5) is 21.9. The van der Waals surface area contributed by atoms with E-state index >= 15 is 0 Å². The second-order valence-corrected chi connectivity index (χ2v) is 5.98. The molecule has 0 unspecified atom stereocenters. The maximum Gasteiger partial charge on any atom is 0.294 e. The summed E-state index contributed by atoms with van der Waals surface area (Å²) in [5, 5.41) is 10.6. The SMILES string of the molecule is Cc1ccc(C(=O)c2ccc([N+](=O)[O-])cc2)cc1S(=O)(=O)O. The fraction of sp³-hybridized carbons (Fsp3) is 0.0714. The number of ketones is 1. The van der Waals surface area contributed by atoms with Gasteiger partial charge in [0.1, 0.15) is 0 Å². The van der Waals surface area contributed by atoms with E-state index in [9.17, 15) is 23.3 Å². The van der Waals surface area contributed by atoms with Crippen LogP contribution in [0.4, 0.5) is 5.69 Å². The van der Waals surface area contributed by atoms with Crippen molar-refractivity contribution in [3.63, 3.8) is 0 Å². The Hall–Kier alpha value is -2.58. The molecular formula is C14H11NO6S. The van der Waals surface area contributed by atoms with E-state index < -0.39 is 20.8 Å². The minimum atomic E-state index is -4.43. The van der Waals surface area contributed by atoms with Crippen molar-refractivity contribution in [1.82, 2.24) is 0 Å². The molecule has 7 nitrogen and oxygen atoms in total. The lowest BCUT2D eigenvalue weighted by Gasteiger charge is -2.06. The van der Waals surface area contributed by atoms with Crippen molar-refractivity contribution in [2.75, 3.05) is 0 Å². The van der Waals surface area contributed by atoms with Crippen molar-refractivity contribution in [3.05, 3.63) is 69.3 Å². The molecule has 114 valence electrons. The molecule has 2 aromatic carbocycles. The molecule has 0 atom stereocenters. The van der Waals surface area contributed by atoms with Gasteiger partial charge in [-0.25, -0.2) is 0 Å². The Labute approximate surface area is 126 Å². The Balaban J connectivity index is 2.44. The Morgan fingerprint density at radius 2 is 1.64 bits per heavy atom. The van der Waals surface area contributed by atoms with Crippen LogP contribution in [0.1, 0.15) is 21.5 Å². The molecule has 0 amide bonds. The third kappa shape index (κ3) is 3.18. The highest BCUT2D eigenvalue weighted by molar-refractivity contribution is 7.85. The first-order valence-corrected chi connectivity index (χ1v) is 7.51. The Morgan fingerprint density at radius 3 is 2.14 bits per heavy atom. The van der Waals surface area contributed by atoms with Gasteiger partial charge in [0.25, 0.3) is 15.8 Å². The molecule has 2 aromatic rings. The summed E-state index contributed by atoms with van der Waals surface area (Å²) in [6.45, 7) is 1.49. The third-order valence-electron chi connectivity index (χ3n) is 3.07. The van der Waals surface area contributed by atoms with Crippen LogP contribution in [0.25, 0.3) is 0 Å². The van der Waals surface area contributed by atoms with E-state index in [2.05, 4.69) is 0 Å². The summed E-state index contributed by atoms with van der Waals surface area (Å²) in [6.07, 6.45) is 0. The second-order valence-electron chi connectivity index (χ2n) is 4.59. The van der Waals surface area contributed by atoms with Gasteiger partial charge in [-0.05, 0) is 30.7 Å². The average molecular weight is 321 g/mol. The van der Waals surface area contributed by atoms with Gasteiger partial charge in [0.2, 0.25) is 0 Å². The van der Waals surface area contributed by atoms with E-state index in [4.69, 9.17) is 4.55 Å². The van der Waals surface area contributed by atoms with Crippen LogP contribution >= 0.6 is 0 Å². The number of hydrogen-bond donors (Lipinski definition) is 1. The van der Waals surface area contributed by atoms with E-state index in [0.29, 0.717) is 5.56 Å². The van der Waals surface area contributed by atoms with Crippen LogP contribution < -0.4 is 0 Å². The van der Waals surface area contributed by atoms with Gasteiger partial charge in [-0.2, -0.15) is 8.42 Å². The molecular weight excluding hydrogens is 310 g/mol. The molecule has 0 heterocycles. The predicted octanol–water partition coefficient (Wildman–Crippen LogP) is 2.38. The minimum absolute atomic E-state index is 0.0621. The number of benzene rings is 2. The highest BCUT2D eigenvalue weighted by Gasteiger charge is 2.17. The maximum atomic E-state index is 12.3. The standard InChI is InChI=1S/C14H11NO6S/c1-9-2-3-11(8-13(9)22(19,20)21)14(16)10-4-6-12(7-5-10)15(17)18/h2-8H,1H3,(H,19,20,21). The van der Waals surface area contributed by atoms with Crippen LogP contribution in [0.3, 0.4) is 0 Å². The summed E-state index contributed by atoms with van der Waals surface area (Å²) < 4.78 is 31.6. The maximum absolute atomic E-state index is 12.3. The number of carbonyl (C=O) groups is 1. The molecule has 0 aliphatic heterocycles. The van der Waals surface area contributed by atoms with Gasteiger partial charge in [-0.1, -0.05) is 12.1 Å². The molecule has 0 aliphatic carbocycles. The first-order chi connectivity index (χ1) is 10.2. The van der Waals surface area contributed by atoms with Crippen molar-refractivity contribution in [2.45, 2.75) is 11.8 Å². The molecule has 0 spiro atoms. The number of non-ortho nitro benzene ring substituents is 1. The largest absolute Gasteiger partial charge is 0.294 e. The molecule has 0 bridgehead atoms. The zero-order chi connectivity index (χ0) is 16.5. The molecule has 0 aromatic heterocycles. The van der Waals surface area contributed by atoms with Crippen molar-refractivity contribution >= 4 is 21.6 Å². The normalized spacial score (nSPS) is 11.2. The Morgan fingerprint density at radius 1 is 1.09 bits per heavy atom. The summed E-state index contributed by atoms with van der Waals surface area (Å²) in [5.74, 6) is -0.500. The third-order valence-corrected chi connectivity index (χ3v) is 4.06. The lowest BCUT2D eigenvalue weighted by Crippen LogP contribution is -2.06. The van der Waals surface area contributed by atoms with Crippen molar-refractivity contribution in [1.29, 1.82) is 0 Å². The lowest BCUT2D eigenvalue weighted by molar-refractivity contribution is -0.384. The van der Waals surface area contributed by atoms with Crippen LogP contribution in [-0.2, 0) is 10.1 Å². The highest BCUT2D eigenvalue weighted by Crippen LogP contribution is 2.20. The number of nitrogens with zero attached hydrogens (tertiary/aromatic N) is 1. The van der Waals surface area contributed by atoms with Gasteiger partial charge in [0.05, 0.1) is 9.82 Å². The minimum Gasteiger partial charge on any atom is -0.289 e. The van der Waals surface area contributed by atoms with E-state index in [-0.39, 0.29) is 21.7 Å². The van der Waals surface area contributed by atoms with Crippen molar-refractivity contribution < 1.29 is 22.7 Å². The van der Waals surface area contributed by atoms with Gasteiger partial charge in [0.15, 0.2) is 5.78 Å². The topological polar surface area (TPSA) is 115 Å². The van der Waals surface area contributed by atoms with Crippen LogP contribution in [0.15, 0.2) is 47.4 Å². The van der Waals surface area contributed by atoms with Gasteiger partial charge in [-0.15, -0.1) is 0 Å². The fourth-order valence-electron chi connectivity index (χ4n) is 1.92. The van der Waals surface area contributed by atoms with Gasteiger partial charge >= 0.3 is 0 Å². The second kappa shape index (κ2) is 5.66. The molecule has 2 rings (SSSR count). The lowest BCUT2D eigenvalue weighted by atomic mass is 10.0. The predicted molar refractivity (Wildman–Crippen MR) is 77.5 cm³/mol. The smallest absolute Gasteiger partial charge is 0.289 e. The van der Waals surface area contributed by atoms with Crippen molar-refractivity contribution in [3.8, 4) is 0 Å². The van der Waals surface area contributed by atoms with E-state index in [1.54, 1.807) is 0 Å². The fourth-order valence-corrected chi connectivity index (χ4v) is 2.67. The molecule has 0 saturated carbocycles. The van der Waals surface area contributed by atoms with Crippen LogP contribution in [0.5, 0.6) is 0 Å². The zero-order valence-corrected chi connectivity index (χ0v) is 12.2. The van der Waals surface area contributed by atoms with E-state index in [1.807, 2.05) is 0 Å². The Bertz CT molecular complexity index is 855. The van der Waals surface area contributed by atoms with Gasteiger partial charge in [0, 0.05) is 23.3 Å². The summed E-state index contributed by atoms with van der Waals surface area (Å²) >= 11 is 0. The first kappa shape index (κ1) is 15.8. The number of nitro benzene ring substituents is 1. The van der Waals surface area contributed by atoms with E-state index in [0.717, 1.165) is 6.07 Å². The monoisotopic (exact) mass is 321 g/mol. The highest BCUT2D eigenvalue weighted by atomic mass is 32.2. The van der Waals surface area contributed by atoms with E-state index in [1.165, 1.54) is 43.3 Å². The summed E-state index contributed by atoms with van der Waals surface area (Å²) in [6, 6.07) is 8.85. The molecule has 1 N–H and O–H groups in total. The summed E-state index contributed by atoms with van der Waals surface area (Å²) in [7, 11) is -4.43. The number of nitro groups is 1. The molecule has 0 aliphatic rings. The molecule has 22 heavy (non-hydrogen) atoms. The number of rotatable bonds is 4. The number of hydrogen-bond acceptors (Lipinski definition) is 5. The zero-order valence-electron chi connectivity index (χ0n) is 11.4. The quantitative estimate of drug-likeness (QED) is 0.400. The van der Waals surface area contributed by atoms with Crippen LogP contribution in [-0.4, -0.2) is 23.7 Å². The average Bonchev–Trinajstić information content (AvgIpc) is 2.46. The number of aryl methyl sites for hydroxylation is 1. The molecule has 0 fully saturated rings. The van der Waals surface area contributed by atoms with Crippen LogP contribution in [0.2, 0.25) is 0 Å².